The van der Waals surface area contributed by atoms with Gasteiger partial charge in [-0.2, -0.15) is 0 Å². The Morgan fingerprint density at radius 2 is 1.89 bits per heavy atom. The van der Waals surface area contributed by atoms with Crippen molar-refractivity contribution in [3.05, 3.63) is 0 Å². The van der Waals surface area contributed by atoms with Crippen LogP contribution in [0.25, 0.3) is 0 Å². The number of nitrogens with one attached hydrogen (secondary N) is 1. The maximum absolute atomic E-state index is 11.9. The van der Waals surface area contributed by atoms with Crippen molar-refractivity contribution in [3.63, 3.8) is 0 Å². The van der Waals surface area contributed by atoms with Crippen LogP contribution in [0.4, 0.5) is 0 Å². The van der Waals surface area contributed by atoms with Gasteiger partial charge in [-0.3, -0.25) is 4.79 Å². The third kappa shape index (κ3) is 4.15. The number of nitrogens with zero attached hydrogens (tertiary/aromatic N) is 1. The van der Waals surface area contributed by atoms with E-state index in [0.29, 0.717) is 13.0 Å². The standard InChI is InChI=1S/C12H22N2O4S/c15-11-9-19(17,18)8-10(11)13-5-4-12(16)14-6-2-1-3-7-14/h10-11,13,15H,1-9H2. The summed E-state index contributed by atoms with van der Waals surface area (Å²) < 4.78 is 22.6. The van der Waals surface area contributed by atoms with Crippen LogP contribution in [0.5, 0.6) is 0 Å². The number of carbonyl (C=O) groups is 1. The minimum atomic E-state index is -3.12. The first-order valence-corrected chi connectivity index (χ1v) is 8.70. The number of aliphatic hydroxyl groups excluding tert-OH is 1. The maximum Gasteiger partial charge on any atom is 0.223 e. The van der Waals surface area contributed by atoms with E-state index in [9.17, 15) is 18.3 Å². The van der Waals surface area contributed by atoms with Gasteiger partial charge < -0.3 is 15.3 Å². The van der Waals surface area contributed by atoms with Crippen molar-refractivity contribution >= 4 is 15.7 Å². The molecule has 0 saturated carbocycles. The average molecular weight is 290 g/mol. The normalized spacial score (nSPS) is 30.5. The van der Waals surface area contributed by atoms with E-state index in [1.807, 2.05) is 4.90 Å². The van der Waals surface area contributed by atoms with Crippen LogP contribution in [-0.4, -0.2) is 67.6 Å². The number of carbonyl (C=O) groups excluding carboxylic acids is 1. The Balaban J connectivity index is 1.70. The smallest absolute Gasteiger partial charge is 0.223 e. The van der Waals surface area contributed by atoms with E-state index in [4.69, 9.17) is 0 Å². The van der Waals surface area contributed by atoms with Gasteiger partial charge in [0.2, 0.25) is 5.91 Å². The number of hydrogen-bond donors (Lipinski definition) is 2. The molecule has 7 heteroatoms. The van der Waals surface area contributed by atoms with E-state index in [2.05, 4.69) is 5.32 Å². The van der Waals surface area contributed by atoms with Crippen LogP contribution < -0.4 is 5.32 Å². The van der Waals surface area contributed by atoms with Crippen molar-refractivity contribution in [1.82, 2.24) is 10.2 Å². The molecule has 2 atom stereocenters. The molecule has 2 fully saturated rings. The lowest BCUT2D eigenvalue weighted by atomic mass is 10.1. The minimum absolute atomic E-state index is 0.0356. The highest BCUT2D eigenvalue weighted by Gasteiger charge is 2.35. The van der Waals surface area contributed by atoms with Crippen molar-refractivity contribution in [2.24, 2.45) is 0 Å². The van der Waals surface area contributed by atoms with Gasteiger partial charge in [-0.15, -0.1) is 0 Å². The molecule has 0 aromatic heterocycles. The SMILES string of the molecule is O=C(CCNC1CS(=O)(=O)CC1O)N1CCCCC1. The highest BCUT2D eigenvalue weighted by atomic mass is 32.2. The van der Waals surface area contributed by atoms with E-state index in [1.54, 1.807) is 0 Å². The molecule has 2 unspecified atom stereocenters. The molecule has 2 N–H and O–H groups in total. The second-order valence-corrected chi connectivity index (χ2v) is 7.55. The fourth-order valence-electron chi connectivity index (χ4n) is 2.69. The molecule has 0 aliphatic carbocycles. The van der Waals surface area contributed by atoms with E-state index in [-0.39, 0.29) is 17.4 Å². The van der Waals surface area contributed by atoms with Gasteiger partial charge >= 0.3 is 0 Å². The topological polar surface area (TPSA) is 86.7 Å². The second-order valence-electron chi connectivity index (χ2n) is 5.40. The van der Waals surface area contributed by atoms with E-state index in [1.165, 1.54) is 6.42 Å². The molecular formula is C12H22N2O4S. The molecule has 0 spiro atoms. The van der Waals surface area contributed by atoms with E-state index in [0.717, 1.165) is 25.9 Å². The zero-order valence-electron chi connectivity index (χ0n) is 11.0. The first-order valence-electron chi connectivity index (χ1n) is 6.87. The first-order chi connectivity index (χ1) is 8.98. The third-order valence-corrected chi connectivity index (χ3v) is 5.49. The molecule has 0 bridgehead atoms. The largest absolute Gasteiger partial charge is 0.390 e. The fraction of sp³-hybridized carbons (Fsp3) is 0.917. The molecule has 19 heavy (non-hydrogen) atoms. The average Bonchev–Trinajstić information content (AvgIpc) is 2.63. The number of aliphatic hydroxyl groups is 1. The summed E-state index contributed by atoms with van der Waals surface area (Å²) in [5.41, 5.74) is 0. The van der Waals surface area contributed by atoms with Gasteiger partial charge in [0.15, 0.2) is 9.84 Å². The highest BCUT2D eigenvalue weighted by molar-refractivity contribution is 7.91. The summed E-state index contributed by atoms with van der Waals surface area (Å²) in [6.07, 6.45) is 2.84. The van der Waals surface area contributed by atoms with Crippen LogP contribution in [0.2, 0.25) is 0 Å². The minimum Gasteiger partial charge on any atom is -0.390 e. The number of rotatable bonds is 4. The van der Waals surface area contributed by atoms with Crippen LogP contribution >= 0.6 is 0 Å². The lowest BCUT2D eigenvalue weighted by Crippen LogP contribution is -2.42. The van der Waals surface area contributed by atoms with Gasteiger partial charge in [0.25, 0.3) is 0 Å². The lowest BCUT2D eigenvalue weighted by Gasteiger charge is -2.27. The molecule has 0 radical (unpaired) electrons. The summed E-state index contributed by atoms with van der Waals surface area (Å²) in [6.45, 7) is 2.09. The Labute approximate surface area is 114 Å². The van der Waals surface area contributed by atoms with Gasteiger partial charge in [-0.1, -0.05) is 0 Å². The first kappa shape index (κ1) is 14.7. The second kappa shape index (κ2) is 6.19. The number of likely N-dealkylation sites (tertiary alicyclic amines) is 1. The maximum atomic E-state index is 11.9. The molecule has 0 aromatic rings. The third-order valence-electron chi connectivity index (χ3n) is 3.78. The van der Waals surface area contributed by atoms with Crippen LogP contribution in [-0.2, 0) is 14.6 Å². The Hall–Kier alpha value is -0.660. The summed E-state index contributed by atoms with van der Waals surface area (Å²) in [5, 5.41) is 12.6. The quantitative estimate of drug-likeness (QED) is 0.703. The molecule has 6 nitrogen and oxygen atoms in total. The Morgan fingerprint density at radius 3 is 2.47 bits per heavy atom. The Kier molecular flexibility index (Phi) is 4.81. The van der Waals surface area contributed by atoms with Crippen LogP contribution in [0, 0.1) is 0 Å². The zero-order chi connectivity index (χ0) is 13.9. The lowest BCUT2D eigenvalue weighted by molar-refractivity contribution is -0.132. The van der Waals surface area contributed by atoms with Crippen molar-refractivity contribution in [2.45, 2.75) is 37.8 Å². The molecule has 2 aliphatic heterocycles. The van der Waals surface area contributed by atoms with Crippen LogP contribution in [0.1, 0.15) is 25.7 Å². The molecule has 1 amide bonds. The summed E-state index contributed by atoms with van der Waals surface area (Å²) in [4.78, 5) is 13.8. The van der Waals surface area contributed by atoms with Gasteiger partial charge in [0, 0.05) is 32.1 Å². The summed E-state index contributed by atoms with van der Waals surface area (Å²) >= 11 is 0. The van der Waals surface area contributed by atoms with Gasteiger partial charge in [0.1, 0.15) is 0 Å². The summed E-state index contributed by atoms with van der Waals surface area (Å²) in [5.74, 6) is -0.0980. The van der Waals surface area contributed by atoms with Crippen molar-refractivity contribution in [1.29, 1.82) is 0 Å². The Morgan fingerprint density at radius 1 is 1.21 bits per heavy atom. The molecule has 2 rings (SSSR count). The molecule has 2 aliphatic rings. The fourth-order valence-corrected chi connectivity index (χ4v) is 4.47. The van der Waals surface area contributed by atoms with Crippen LogP contribution in [0.15, 0.2) is 0 Å². The molecule has 2 saturated heterocycles. The molecular weight excluding hydrogens is 268 g/mol. The highest BCUT2D eigenvalue weighted by Crippen LogP contribution is 2.13. The van der Waals surface area contributed by atoms with Gasteiger partial charge in [-0.25, -0.2) is 8.42 Å². The van der Waals surface area contributed by atoms with E-state index >= 15 is 0 Å². The summed E-state index contributed by atoms with van der Waals surface area (Å²) in [6, 6.07) is -0.431. The van der Waals surface area contributed by atoms with Gasteiger partial charge in [-0.05, 0) is 19.3 Å². The van der Waals surface area contributed by atoms with E-state index < -0.39 is 22.0 Å². The predicted molar refractivity (Wildman–Crippen MR) is 71.5 cm³/mol. The number of sulfone groups is 1. The molecule has 110 valence electrons. The van der Waals surface area contributed by atoms with Crippen molar-refractivity contribution < 1.29 is 18.3 Å². The predicted octanol–water partition coefficient (Wildman–Crippen LogP) is -0.863. The van der Waals surface area contributed by atoms with Crippen LogP contribution in [0.3, 0.4) is 0 Å². The Bertz CT molecular complexity index is 417. The zero-order valence-corrected chi connectivity index (χ0v) is 11.9. The number of hydrogen-bond acceptors (Lipinski definition) is 5. The van der Waals surface area contributed by atoms with Gasteiger partial charge in [0.05, 0.1) is 17.6 Å². The summed E-state index contributed by atoms with van der Waals surface area (Å²) in [7, 11) is -3.12. The monoisotopic (exact) mass is 290 g/mol. The van der Waals surface area contributed by atoms with Crippen molar-refractivity contribution in [3.8, 4) is 0 Å². The number of amides is 1. The van der Waals surface area contributed by atoms with Crippen molar-refractivity contribution in [2.75, 3.05) is 31.1 Å². The number of piperidine rings is 1. The molecule has 2 heterocycles. The molecule has 0 aromatic carbocycles.